The molecule has 0 heterocycles. The van der Waals surface area contributed by atoms with E-state index in [-0.39, 0.29) is 5.41 Å². The molecule has 0 fully saturated rings. The number of rotatable bonds is 2. The van der Waals surface area contributed by atoms with Gasteiger partial charge in [0.05, 0.1) is 0 Å². The summed E-state index contributed by atoms with van der Waals surface area (Å²) in [6, 6.07) is 6.84. The summed E-state index contributed by atoms with van der Waals surface area (Å²) in [4.78, 5) is 0. The smallest absolute Gasteiger partial charge is 0.0184 e. The number of thioether (sulfide) groups is 1. The van der Waals surface area contributed by atoms with Crippen molar-refractivity contribution in [2.75, 3.05) is 6.26 Å². The van der Waals surface area contributed by atoms with Gasteiger partial charge >= 0.3 is 0 Å². The summed E-state index contributed by atoms with van der Waals surface area (Å²) in [6.45, 7) is 8.99. The molecular weight excluding hydrogens is 188 g/mol. The predicted molar refractivity (Wildman–Crippen MR) is 67.1 cm³/mol. The lowest BCUT2D eigenvalue weighted by Gasteiger charge is -2.20. The zero-order chi connectivity index (χ0) is 10.8. The normalized spacial score (nSPS) is 11.8. The molecule has 0 radical (unpaired) electrons. The molecule has 1 rings (SSSR count). The van der Waals surface area contributed by atoms with E-state index in [0.29, 0.717) is 0 Å². The Hall–Kier alpha value is -0.430. The van der Waals surface area contributed by atoms with Crippen LogP contribution in [0, 0.1) is 6.92 Å². The zero-order valence-corrected chi connectivity index (χ0v) is 10.7. The molecule has 0 nitrogen and oxygen atoms in total. The predicted octanol–water partition coefficient (Wildman–Crippen LogP) is 4.16. The molecule has 0 aliphatic carbocycles. The molecule has 78 valence electrons. The maximum Gasteiger partial charge on any atom is 0.0184 e. The van der Waals surface area contributed by atoms with Crippen LogP contribution in [-0.2, 0) is 11.2 Å². The van der Waals surface area contributed by atoms with Crippen LogP contribution in [0.4, 0.5) is 0 Å². The summed E-state index contributed by atoms with van der Waals surface area (Å²) in [7, 11) is 0. The summed E-state index contributed by atoms with van der Waals surface area (Å²) >= 11 is 1.89. The minimum Gasteiger partial charge on any atom is -0.161 e. The van der Waals surface area contributed by atoms with Gasteiger partial charge in [-0.15, -0.1) is 0 Å². The first-order chi connectivity index (χ1) is 6.45. The van der Waals surface area contributed by atoms with Gasteiger partial charge in [0.2, 0.25) is 0 Å². The largest absolute Gasteiger partial charge is 0.161 e. The van der Waals surface area contributed by atoms with E-state index in [4.69, 9.17) is 0 Å². The van der Waals surface area contributed by atoms with Crippen LogP contribution in [0.2, 0.25) is 0 Å². The average molecular weight is 208 g/mol. The number of aryl methyl sites for hydroxylation is 1. The highest BCUT2D eigenvalue weighted by Crippen LogP contribution is 2.25. The number of hydrogen-bond donors (Lipinski definition) is 0. The molecule has 0 spiro atoms. The van der Waals surface area contributed by atoms with Gasteiger partial charge in [-0.25, -0.2) is 0 Å². The highest BCUT2D eigenvalue weighted by Gasteiger charge is 2.14. The average Bonchev–Trinajstić information content (AvgIpc) is 2.07. The molecule has 0 bridgehead atoms. The summed E-state index contributed by atoms with van der Waals surface area (Å²) in [5.41, 5.74) is 4.59. The first-order valence-corrected chi connectivity index (χ1v) is 6.43. The molecule has 14 heavy (non-hydrogen) atoms. The van der Waals surface area contributed by atoms with Gasteiger partial charge in [0.25, 0.3) is 0 Å². The highest BCUT2D eigenvalue weighted by molar-refractivity contribution is 7.97. The second-order valence-corrected chi connectivity index (χ2v) is 5.69. The fourth-order valence-corrected chi connectivity index (χ4v) is 2.07. The monoisotopic (exact) mass is 208 g/mol. The maximum absolute atomic E-state index is 2.35. The van der Waals surface area contributed by atoms with Crippen molar-refractivity contribution in [3.8, 4) is 0 Å². The van der Waals surface area contributed by atoms with Crippen molar-refractivity contribution in [3.63, 3.8) is 0 Å². The molecule has 0 aromatic heterocycles. The van der Waals surface area contributed by atoms with Crippen LogP contribution in [0.3, 0.4) is 0 Å². The Morgan fingerprint density at radius 1 is 1.21 bits per heavy atom. The van der Waals surface area contributed by atoms with Crippen molar-refractivity contribution in [1.82, 2.24) is 0 Å². The molecular formula is C13H20S. The Balaban J connectivity index is 3.06. The fraction of sp³-hybridized carbons (Fsp3) is 0.538. The Bertz CT molecular complexity index is 308. The Labute approximate surface area is 92.1 Å². The standard InChI is InChI=1S/C13H20S/c1-10-6-7-12(13(2,3)4)8-11(10)9-14-5/h6-8H,9H2,1-5H3. The molecule has 1 aromatic carbocycles. The van der Waals surface area contributed by atoms with Crippen molar-refractivity contribution in [2.45, 2.75) is 38.9 Å². The second kappa shape index (κ2) is 4.39. The number of hydrogen-bond acceptors (Lipinski definition) is 1. The van der Waals surface area contributed by atoms with Gasteiger partial charge < -0.3 is 0 Å². The molecule has 0 saturated carbocycles. The molecule has 0 aliphatic heterocycles. The molecule has 0 N–H and O–H groups in total. The summed E-state index contributed by atoms with van der Waals surface area (Å²) in [6.07, 6.45) is 2.16. The lowest BCUT2D eigenvalue weighted by molar-refractivity contribution is 0.589. The molecule has 0 atom stereocenters. The maximum atomic E-state index is 2.35. The second-order valence-electron chi connectivity index (χ2n) is 4.82. The van der Waals surface area contributed by atoms with Gasteiger partial charge in [-0.1, -0.05) is 39.0 Å². The quantitative estimate of drug-likeness (QED) is 0.703. The van der Waals surface area contributed by atoms with E-state index < -0.39 is 0 Å². The van der Waals surface area contributed by atoms with E-state index in [9.17, 15) is 0 Å². The van der Waals surface area contributed by atoms with Crippen LogP contribution < -0.4 is 0 Å². The Kier molecular flexibility index (Phi) is 3.65. The van der Waals surface area contributed by atoms with Gasteiger partial charge in [-0.05, 0) is 35.3 Å². The minimum atomic E-state index is 0.265. The van der Waals surface area contributed by atoms with Gasteiger partial charge in [0.15, 0.2) is 0 Å². The molecule has 0 amide bonds. The van der Waals surface area contributed by atoms with Crippen molar-refractivity contribution < 1.29 is 0 Å². The highest BCUT2D eigenvalue weighted by atomic mass is 32.2. The van der Waals surface area contributed by atoms with Crippen LogP contribution in [0.1, 0.15) is 37.5 Å². The Morgan fingerprint density at radius 2 is 1.86 bits per heavy atom. The molecule has 0 saturated heterocycles. The van der Waals surface area contributed by atoms with Crippen LogP contribution in [0.5, 0.6) is 0 Å². The molecule has 1 heteroatoms. The number of benzene rings is 1. The van der Waals surface area contributed by atoms with Crippen LogP contribution >= 0.6 is 11.8 Å². The van der Waals surface area contributed by atoms with Crippen molar-refractivity contribution in [2.24, 2.45) is 0 Å². The zero-order valence-electron chi connectivity index (χ0n) is 9.85. The van der Waals surface area contributed by atoms with E-state index in [2.05, 4.69) is 52.1 Å². The van der Waals surface area contributed by atoms with E-state index in [1.807, 2.05) is 11.8 Å². The third kappa shape index (κ3) is 2.78. The van der Waals surface area contributed by atoms with Crippen LogP contribution in [0.15, 0.2) is 18.2 Å². The van der Waals surface area contributed by atoms with Gasteiger partial charge in [0.1, 0.15) is 0 Å². The first-order valence-electron chi connectivity index (χ1n) is 5.04. The van der Waals surface area contributed by atoms with Crippen molar-refractivity contribution in [3.05, 3.63) is 34.9 Å². The minimum absolute atomic E-state index is 0.265. The van der Waals surface area contributed by atoms with Crippen molar-refractivity contribution >= 4 is 11.8 Å². The lowest BCUT2D eigenvalue weighted by Crippen LogP contribution is -2.11. The summed E-state index contributed by atoms with van der Waals surface area (Å²) in [5, 5.41) is 0. The first kappa shape index (κ1) is 11.6. The van der Waals surface area contributed by atoms with Crippen molar-refractivity contribution in [1.29, 1.82) is 0 Å². The van der Waals surface area contributed by atoms with E-state index in [1.54, 1.807) is 0 Å². The fourth-order valence-electron chi connectivity index (χ4n) is 1.45. The van der Waals surface area contributed by atoms with E-state index in [0.717, 1.165) is 5.75 Å². The van der Waals surface area contributed by atoms with Gasteiger partial charge in [-0.2, -0.15) is 11.8 Å². The third-order valence-electron chi connectivity index (χ3n) is 2.51. The molecule has 0 unspecified atom stereocenters. The third-order valence-corrected chi connectivity index (χ3v) is 3.11. The van der Waals surface area contributed by atoms with E-state index >= 15 is 0 Å². The van der Waals surface area contributed by atoms with Gasteiger partial charge in [0, 0.05) is 5.75 Å². The lowest BCUT2D eigenvalue weighted by atomic mass is 9.85. The molecule has 0 aliphatic rings. The molecule has 1 aromatic rings. The van der Waals surface area contributed by atoms with Gasteiger partial charge in [-0.3, -0.25) is 0 Å². The SMILES string of the molecule is CSCc1cc(C(C)(C)C)ccc1C. The van der Waals surface area contributed by atoms with Crippen LogP contribution in [-0.4, -0.2) is 6.26 Å². The topological polar surface area (TPSA) is 0 Å². The van der Waals surface area contributed by atoms with Crippen LogP contribution in [0.25, 0.3) is 0 Å². The summed E-state index contributed by atoms with van der Waals surface area (Å²) < 4.78 is 0. The Morgan fingerprint density at radius 3 is 2.36 bits per heavy atom. The summed E-state index contributed by atoms with van der Waals surface area (Å²) in [5.74, 6) is 1.12. The van der Waals surface area contributed by atoms with E-state index in [1.165, 1.54) is 16.7 Å².